The van der Waals surface area contributed by atoms with Crippen molar-refractivity contribution in [1.82, 2.24) is 0 Å². The molecule has 0 heterocycles. The van der Waals surface area contributed by atoms with E-state index in [1.165, 1.54) is 25.1 Å². The summed E-state index contributed by atoms with van der Waals surface area (Å²) in [5.74, 6) is -5.75. The van der Waals surface area contributed by atoms with Gasteiger partial charge in [-0.3, -0.25) is 0 Å². The molecule has 1 nitrogen and oxygen atoms in total. The molecule has 0 aromatic heterocycles. The van der Waals surface area contributed by atoms with Crippen LogP contribution in [0.25, 0.3) is 28.1 Å². The molecule has 0 spiro atoms. The van der Waals surface area contributed by atoms with Crippen LogP contribution < -0.4 is 4.74 Å². The third-order valence-electron chi connectivity index (χ3n) is 6.25. The molecule has 8 heteroatoms. The van der Waals surface area contributed by atoms with Crippen LogP contribution in [0.4, 0.5) is 30.7 Å². The van der Waals surface area contributed by atoms with Crippen LogP contribution in [0.2, 0.25) is 0 Å². The van der Waals surface area contributed by atoms with Crippen molar-refractivity contribution >= 4 is 5.83 Å². The zero-order valence-corrected chi connectivity index (χ0v) is 20.8. The number of alkyl halides is 2. The summed E-state index contributed by atoms with van der Waals surface area (Å²) in [4.78, 5) is 0. The maximum absolute atomic E-state index is 14.8. The van der Waals surface area contributed by atoms with Crippen LogP contribution in [-0.2, 0) is 12.8 Å². The Morgan fingerprint density at radius 3 is 1.77 bits per heavy atom. The van der Waals surface area contributed by atoms with E-state index < -0.39 is 41.5 Å². The standard InChI is InChI=1S/C31H23F7O/c1-2-25(32)29(36)22-12-9-19(10-13-22)23-14-11-21(26(33)15-23)8-5-18-3-6-20(7-4-18)24-16-27(34)30(28(35)17-24)39-31(37)38/h3-4,6-7,9-17,31H,2,5,8H2,1H3. The van der Waals surface area contributed by atoms with Gasteiger partial charge in [-0.1, -0.05) is 67.6 Å². The third-order valence-corrected chi connectivity index (χ3v) is 6.25. The summed E-state index contributed by atoms with van der Waals surface area (Å²) < 4.78 is 99.0. The first-order chi connectivity index (χ1) is 18.7. The summed E-state index contributed by atoms with van der Waals surface area (Å²) in [6, 6.07) is 19.5. The predicted octanol–water partition coefficient (Wildman–Crippen LogP) is 9.84. The summed E-state index contributed by atoms with van der Waals surface area (Å²) in [7, 11) is 0. The molecule has 39 heavy (non-hydrogen) atoms. The highest BCUT2D eigenvalue weighted by molar-refractivity contribution is 5.69. The van der Waals surface area contributed by atoms with E-state index in [1.54, 1.807) is 48.5 Å². The molecule has 0 N–H and O–H groups in total. The van der Waals surface area contributed by atoms with Gasteiger partial charge in [0, 0.05) is 5.56 Å². The van der Waals surface area contributed by atoms with Crippen LogP contribution in [-0.4, -0.2) is 6.61 Å². The van der Waals surface area contributed by atoms with Crippen LogP contribution in [0.15, 0.2) is 84.7 Å². The van der Waals surface area contributed by atoms with Crippen molar-refractivity contribution < 1.29 is 35.5 Å². The van der Waals surface area contributed by atoms with Gasteiger partial charge in [0.15, 0.2) is 23.2 Å². The van der Waals surface area contributed by atoms with Crippen molar-refractivity contribution in [1.29, 1.82) is 0 Å². The summed E-state index contributed by atoms with van der Waals surface area (Å²) in [5, 5.41) is 0. The molecule has 202 valence electrons. The monoisotopic (exact) mass is 544 g/mol. The normalized spacial score (nSPS) is 12.0. The zero-order valence-electron chi connectivity index (χ0n) is 20.8. The molecule has 4 aromatic rings. The van der Waals surface area contributed by atoms with E-state index in [0.717, 1.165) is 17.7 Å². The Balaban J connectivity index is 1.42. The highest BCUT2D eigenvalue weighted by Crippen LogP contribution is 2.31. The molecule has 0 saturated carbocycles. The number of hydrogen-bond donors (Lipinski definition) is 0. The minimum atomic E-state index is -3.35. The van der Waals surface area contributed by atoms with E-state index in [4.69, 9.17) is 0 Å². The lowest BCUT2D eigenvalue weighted by Crippen LogP contribution is -2.06. The number of hydrogen-bond acceptors (Lipinski definition) is 1. The second kappa shape index (κ2) is 12.2. The van der Waals surface area contributed by atoms with Crippen LogP contribution >= 0.6 is 0 Å². The predicted molar refractivity (Wildman–Crippen MR) is 137 cm³/mol. The first kappa shape index (κ1) is 28.0. The van der Waals surface area contributed by atoms with Crippen molar-refractivity contribution in [3.8, 4) is 28.0 Å². The number of halogens is 7. The molecule has 0 aliphatic rings. The van der Waals surface area contributed by atoms with Gasteiger partial charge in [-0.05, 0) is 70.8 Å². The fourth-order valence-corrected chi connectivity index (χ4v) is 4.12. The average Bonchev–Trinajstić information content (AvgIpc) is 2.93. The Hall–Kier alpha value is -4.07. The first-order valence-electron chi connectivity index (χ1n) is 12.1. The Bertz CT molecular complexity index is 1450. The van der Waals surface area contributed by atoms with Crippen LogP contribution in [0.1, 0.15) is 30.0 Å². The third kappa shape index (κ3) is 6.69. The molecule has 0 atom stereocenters. The number of benzene rings is 4. The highest BCUT2D eigenvalue weighted by atomic mass is 19.3. The SMILES string of the molecule is CCC(F)=C(F)c1ccc(-c2ccc(CCc3ccc(-c4cc(F)c(OC(F)F)c(F)c4)cc3)c(F)c2)cc1. The summed E-state index contributed by atoms with van der Waals surface area (Å²) >= 11 is 0. The molecule has 4 aromatic carbocycles. The summed E-state index contributed by atoms with van der Waals surface area (Å²) in [6.07, 6.45) is 0.836. The maximum Gasteiger partial charge on any atom is 0.387 e. The van der Waals surface area contributed by atoms with E-state index in [-0.39, 0.29) is 17.5 Å². The van der Waals surface area contributed by atoms with Crippen LogP contribution in [0, 0.1) is 17.5 Å². The lowest BCUT2D eigenvalue weighted by molar-refractivity contribution is -0.0546. The highest BCUT2D eigenvalue weighted by Gasteiger charge is 2.17. The van der Waals surface area contributed by atoms with Gasteiger partial charge in [0.25, 0.3) is 0 Å². The number of ether oxygens (including phenoxy) is 1. The van der Waals surface area contributed by atoms with Crippen molar-refractivity contribution in [2.75, 3.05) is 0 Å². The van der Waals surface area contributed by atoms with Gasteiger partial charge < -0.3 is 4.74 Å². The van der Waals surface area contributed by atoms with Gasteiger partial charge in [-0.25, -0.2) is 22.0 Å². The molecular weight excluding hydrogens is 521 g/mol. The fraction of sp³-hybridized carbons (Fsp3) is 0.161. The van der Waals surface area contributed by atoms with Crippen molar-refractivity contribution in [2.24, 2.45) is 0 Å². The first-order valence-corrected chi connectivity index (χ1v) is 12.1. The van der Waals surface area contributed by atoms with Gasteiger partial charge >= 0.3 is 6.61 Å². The van der Waals surface area contributed by atoms with E-state index in [0.29, 0.717) is 35.1 Å². The van der Waals surface area contributed by atoms with Crippen LogP contribution in [0.3, 0.4) is 0 Å². The largest absolute Gasteiger partial charge is 0.429 e. The quantitative estimate of drug-likeness (QED) is 0.191. The molecular formula is C31H23F7O. The Morgan fingerprint density at radius 2 is 1.21 bits per heavy atom. The Kier molecular flexibility index (Phi) is 8.74. The molecule has 0 fully saturated rings. The van der Waals surface area contributed by atoms with Crippen molar-refractivity contribution in [3.05, 3.63) is 119 Å². The van der Waals surface area contributed by atoms with Crippen molar-refractivity contribution in [2.45, 2.75) is 32.8 Å². The lowest BCUT2D eigenvalue weighted by Gasteiger charge is -2.10. The second-order valence-electron chi connectivity index (χ2n) is 8.80. The molecule has 0 saturated heterocycles. The number of rotatable bonds is 9. The minimum Gasteiger partial charge on any atom is -0.429 e. The van der Waals surface area contributed by atoms with Crippen LogP contribution in [0.5, 0.6) is 5.75 Å². The van der Waals surface area contributed by atoms with Gasteiger partial charge in [0.2, 0.25) is 0 Å². The fourth-order valence-electron chi connectivity index (χ4n) is 4.12. The summed E-state index contributed by atoms with van der Waals surface area (Å²) in [5.41, 5.74) is 3.33. The molecule has 0 radical (unpaired) electrons. The van der Waals surface area contributed by atoms with Gasteiger partial charge in [-0.2, -0.15) is 8.78 Å². The topological polar surface area (TPSA) is 9.23 Å². The smallest absolute Gasteiger partial charge is 0.387 e. The van der Waals surface area contributed by atoms with E-state index in [9.17, 15) is 30.7 Å². The molecule has 4 rings (SSSR count). The number of allylic oxidation sites excluding steroid dienone is 1. The molecule has 0 aliphatic carbocycles. The van der Waals surface area contributed by atoms with E-state index >= 15 is 0 Å². The summed E-state index contributed by atoms with van der Waals surface area (Å²) in [6.45, 7) is -1.83. The Labute approximate surface area is 221 Å². The number of aryl methyl sites for hydroxylation is 2. The van der Waals surface area contributed by atoms with E-state index in [2.05, 4.69) is 4.74 Å². The maximum atomic E-state index is 14.8. The molecule has 0 bridgehead atoms. The second-order valence-corrected chi connectivity index (χ2v) is 8.80. The average molecular weight is 545 g/mol. The van der Waals surface area contributed by atoms with E-state index in [1.807, 2.05) is 0 Å². The van der Waals surface area contributed by atoms with Gasteiger partial charge in [0.05, 0.1) is 0 Å². The Morgan fingerprint density at radius 1 is 0.667 bits per heavy atom. The molecule has 0 amide bonds. The van der Waals surface area contributed by atoms with Gasteiger partial charge in [-0.15, -0.1) is 0 Å². The zero-order chi connectivity index (χ0) is 28.1. The van der Waals surface area contributed by atoms with Crippen molar-refractivity contribution in [3.63, 3.8) is 0 Å². The van der Waals surface area contributed by atoms with Gasteiger partial charge in [0.1, 0.15) is 11.6 Å². The molecule has 0 unspecified atom stereocenters. The molecule has 0 aliphatic heterocycles. The minimum absolute atomic E-state index is 0.0421. The lowest BCUT2D eigenvalue weighted by atomic mass is 9.97.